The number of hydrogen-bond donors (Lipinski definition) is 0. The molecule has 7 heteroatoms. The molecule has 0 aliphatic heterocycles. The molecule has 0 unspecified atom stereocenters. The molecule has 0 bridgehead atoms. The molecule has 0 aliphatic rings. The van der Waals surface area contributed by atoms with E-state index in [4.69, 9.17) is 4.42 Å². The second-order valence-electron chi connectivity index (χ2n) is 8.69. The summed E-state index contributed by atoms with van der Waals surface area (Å²) in [6.45, 7) is 0. The fraction of sp³-hybridized carbons (Fsp3) is 0. The summed E-state index contributed by atoms with van der Waals surface area (Å²) in [6.07, 6.45) is 0. The maximum atomic E-state index is 13.5. The Morgan fingerprint density at radius 3 is 1.91 bits per heavy atom. The summed E-state index contributed by atoms with van der Waals surface area (Å²) in [5, 5.41) is 2.22. The molecule has 0 saturated heterocycles. The first-order chi connectivity index (χ1) is 15.4. The lowest BCUT2D eigenvalue weighted by Crippen LogP contribution is -2.57. The molecule has 1 heterocycles. The number of hydrogen-bond acceptors (Lipinski definition) is 2. The van der Waals surface area contributed by atoms with Crippen molar-refractivity contribution >= 4 is 94.3 Å². The largest absolute Gasteiger partial charge is 0.455 e. The van der Waals surface area contributed by atoms with Gasteiger partial charge in [0, 0.05) is 27.5 Å². The summed E-state index contributed by atoms with van der Waals surface area (Å²) < 4.78 is 6.19. The highest BCUT2D eigenvalue weighted by Gasteiger charge is 2.19. The Labute approximate surface area is 192 Å². The van der Waals surface area contributed by atoms with Crippen molar-refractivity contribution in [2.45, 2.75) is 0 Å². The van der Waals surface area contributed by atoms with Crippen molar-refractivity contribution < 1.29 is 9.21 Å². The minimum Gasteiger partial charge on any atom is -0.455 e. The van der Waals surface area contributed by atoms with Crippen LogP contribution in [0.1, 0.15) is 15.9 Å². The zero-order valence-corrected chi connectivity index (χ0v) is 19.2. The van der Waals surface area contributed by atoms with Gasteiger partial charge in [-0.3, -0.25) is 4.79 Å². The monoisotopic (exact) mass is 408 g/mol. The van der Waals surface area contributed by atoms with Crippen molar-refractivity contribution in [1.29, 1.82) is 0 Å². The van der Waals surface area contributed by atoms with Crippen LogP contribution in [0.15, 0.2) is 71.1 Å². The molecule has 0 fully saturated rings. The van der Waals surface area contributed by atoms with Crippen LogP contribution in [0.5, 0.6) is 0 Å². The molecule has 32 heavy (non-hydrogen) atoms. The molecule has 1 aromatic heterocycles. The topological polar surface area (TPSA) is 30.2 Å². The van der Waals surface area contributed by atoms with Crippen molar-refractivity contribution in [2.75, 3.05) is 0 Å². The van der Waals surface area contributed by atoms with E-state index in [-0.39, 0.29) is 5.78 Å². The molecule has 5 rings (SSSR count). The van der Waals surface area contributed by atoms with E-state index in [2.05, 4.69) is 63.5 Å². The van der Waals surface area contributed by atoms with Crippen LogP contribution >= 0.6 is 0 Å². The number of rotatable bonds is 3. The van der Waals surface area contributed by atoms with Crippen LogP contribution in [0.2, 0.25) is 0 Å². The zero-order chi connectivity index (χ0) is 22.6. The van der Waals surface area contributed by atoms with Crippen molar-refractivity contribution in [3.8, 4) is 11.1 Å². The third kappa shape index (κ3) is 3.07. The van der Waals surface area contributed by atoms with Crippen LogP contribution in [0.25, 0.3) is 33.1 Å². The van der Waals surface area contributed by atoms with E-state index in [1.165, 1.54) is 16.4 Å². The van der Waals surface area contributed by atoms with Gasteiger partial charge in [0.05, 0.1) is 0 Å². The fourth-order valence-corrected chi connectivity index (χ4v) is 4.76. The highest BCUT2D eigenvalue weighted by atomic mass is 16.3. The van der Waals surface area contributed by atoms with Gasteiger partial charge in [-0.05, 0) is 11.6 Å². The van der Waals surface area contributed by atoms with Crippen LogP contribution in [-0.4, -0.2) is 45.0 Å². The third-order valence-electron chi connectivity index (χ3n) is 7.09. The lowest BCUT2D eigenvalue weighted by Gasteiger charge is -2.19. The van der Waals surface area contributed by atoms with Crippen molar-refractivity contribution in [3.63, 3.8) is 0 Å². The Bertz CT molecular complexity index is 1510. The van der Waals surface area contributed by atoms with E-state index in [0.29, 0.717) is 5.56 Å². The number of ketones is 1. The first-order valence-electron chi connectivity index (χ1n) is 11.0. The summed E-state index contributed by atoms with van der Waals surface area (Å²) in [5.41, 5.74) is 11.2. The molecule has 4 aromatic carbocycles. The van der Waals surface area contributed by atoms with Gasteiger partial charge in [0.25, 0.3) is 0 Å². The Morgan fingerprint density at radius 2 is 1.22 bits per heavy atom. The first-order valence-corrected chi connectivity index (χ1v) is 11.0. The van der Waals surface area contributed by atoms with Gasteiger partial charge in [-0.15, -0.1) is 16.4 Å². The quantitative estimate of drug-likeness (QED) is 0.251. The van der Waals surface area contributed by atoms with Crippen LogP contribution in [0.4, 0.5) is 0 Å². The summed E-state index contributed by atoms with van der Waals surface area (Å²) in [7, 11) is 10.4. The predicted octanol–water partition coefficient (Wildman–Crippen LogP) is -2.22. The number of furan rings is 1. The molecule has 0 N–H and O–H groups in total. The Morgan fingerprint density at radius 1 is 0.625 bits per heavy atom. The van der Waals surface area contributed by atoms with E-state index >= 15 is 0 Å². The Hall–Kier alpha value is -3.33. The van der Waals surface area contributed by atoms with Gasteiger partial charge in [0.15, 0.2) is 5.78 Å². The number of para-hydroxylation sites is 2. The smallest absolute Gasteiger partial charge is 0.191 e. The molecular formula is C25H21B5O2. The van der Waals surface area contributed by atoms with Gasteiger partial charge in [0.1, 0.15) is 50.4 Å². The molecule has 0 aliphatic carbocycles. The first kappa shape index (κ1) is 20.6. The maximum absolute atomic E-state index is 13.5. The lowest BCUT2D eigenvalue weighted by molar-refractivity contribution is 0.104. The molecule has 0 amide bonds. The van der Waals surface area contributed by atoms with E-state index in [1.54, 1.807) is 0 Å². The molecule has 0 saturated carbocycles. The number of carbonyl (C=O) groups excluding carboxylic acids is 1. The standard InChI is InChI=1S/C25H21B5O2/c26-19-18(20(27)22(29)23(30)21(19)28)24(31)13-10-8-12(9-11-13)14-5-3-6-16-15-4-1-2-7-17(15)32-25(14)16/h1-11H,26-30H2. The van der Waals surface area contributed by atoms with Crippen LogP contribution in [0.3, 0.4) is 0 Å². The molecule has 5 aromatic rings. The van der Waals surface area contributed by atoms with Crippen LogP contribution < -0.4 is 27.3 Å². The molecule has 2 nitrogen and oxygen atoms in total. The van der Waals surface area contributed by atoms with Gasteiger partial charge < -0.3 is 4.42 Å². The SMILES string of the molecule is Bc1c(B)c(B)c(C(=O)c2ccc(-c3cccc4c3oc3ccccc34)cc2)c(B)c1B. The molecule has 0 radical (unpaired) electrons. The molecule has 0 atom stereocenters. The maximum Gasteiger partial charge on any atom is 0.191 e. The summed E-state index contributed by atoms with van der Waals surface area (Å²) in [4.78, 5) is 13.5. The van der Waals surface area contributed by atoms with E-state index in [1.807, 2.05) is 42.5 Å². The molecule has 0 spiro atoms. The Kier molecular flexibility index (Phi) is 4.93. The summed E-state index contributed by atoms with van der Waals surface area (Å²) >= 11 is 0. The van der Waals surface area contributed by atoms with E-state index in [9.17, 15) is 4.79 Å². The average molecular weight is 408 g/mol. The van der Waals surface area contributed by atoms with Gasteiger partial charge in [0.2, 0.25) is 0 Å². The number of benzene rings is 4. The summed E-state index contributed by atoms with van der Waals surface area (Å²) in [6, 6.07) is 22.2. The Balaban J connectivity index is 1.58. The van der Waals surface area contributed by atoms with Crippen LogP contribution in [0, 0.1) is 0 Å². The highest BCUT2D eigenvalue weighted by molar-refractivity contribution is 6.68. The van der Waals surface area contributed by atoms with E-state index < -0.39 is 0 Å². The van der Waals surface area contributed by atoms with Gasteiger partial charge in [-0.2, -0.15) is 0 Å². The minimum atomic E-state index is 0.0831. The third-order valence-corrected chi connectivity index (χ3v) is 7.09. The second-order valence-corrected chi connectivity index (χ2v) is 8.69. The summed E-state index contributed by atoms with van der Waals surface area (Å²) in [5.74, 6) is 0.0831. The number of fused-ring (bicyclic) bond motifs is 3. The van der Waals surface area contributed by atoms with E-state index in [0.717, 1.165) is 49.6 Å². The normalized spacial score (nSPS) is 11.2. The predicted molar refractivity (Wildman–Crippen MR) is 150 cm³/mol. The molecular weight excluding hydrogens is 386 g/mol. The van der Waals surface area contributed by atoms with Gasteiger partial charge >= 0.3 is 0 Å². The average Bonchev–Trinajstić information content (AvgIpc) is 3.20. The van der Waals surface area contributed by atoms with Crippen molar-refractivity contribution in [1.82, 2.24) is 0 Å². The van der Waals surface area contributed by atoms with Gasteiger partial charge in [-0.25, -0.2) is 0 Å². The fourth-order valence-electron chi connectivity index (χ4n) is 4.76. The van der Waals surface area contributed by atoms with Gasteiger partial charge in [-0.1, -0.05) is 71.6 Å². The second kappa shape index (κ2) is 7.67. The van der Waals surface area contributed by atoms with Crippen LogP contribution in [-0.2, 0) is 0 Å². The highest BCUT2D eigenvalue weighted by Crippen LogP contribution is 2.35. The zero-order valence-electron chi connectivity index (χ0n) is 19.2. The number of carbonyl (C=O) groups is 1. The van der Waals surface area contributed by atoms with Crippen molar-refractivity contribution in [3.05, 3.63) is 77.9 Å². The minimum absolute atomic E-state index is 0.0831. The van der Waals surface area contributed by atoms with Crippen molar-refractivity contribution in [2.24, 2.45) is 0 Å². The molecule has 148 valence electrons. The lowest BCUT2D eigenvalue weighted by atomic mass is 9.60.